The van der Waals surface area contributed by atoms with Crippen LogP contribution in [-0.2, 0) is 0 Å². The summed E-state index contributed by atoms with van der Waals surface area (Å²) >= 11 is 0. The molecule has 0 amide bonds. The molecule has 78 heavy (non-hydrogen) atoms. The van der Waals surface area contributed by atoms with Gasteiger partial charge in [0, 0.05) is 29.7 Å². The van der Waals surface area contributed by atoms with Crippen LogP contribution in [0, 0.1) is 53.1 Å². The molecule has 0 radical (unpaired) electrons. The number of hydrogen-bond donors (Lipinski definition) is 0. The third kappa shape index (κ3) is 5.88. The second kappa shape index (κ2) is 16.1. The molecule has 0 fully saturated rings. The Balaban J connectivity index is 0.891. The van der Waals surface area contributed by atoms with Crippen molar-refractivity contribution in [2.45, 2.75) is 34.1 Å². The standard InChI is InChI=1S/C76H54F2/c1-39(2)47-17-11-18-48(40(3)4)69(47)53-24-27-58-64-38-66-65(37-63(64)51-20-12-19-50(53)70(51)58)67(41-13-7-5-8-14-41)75-60-31-29-56-54-25-23-52-49-22-21-43(44-33-45(77)36-46(78)34-44)35-62(49)59-28-26-55(72(54)71(52)59)57-30-32-61(74(60)73(56)57)76(75)68(66)42-15-9-6-10-16-42/h5-17,19-40,48,50,70,73-74H,18H2,1-4H3. The molecule has 0 aliphatic heterocycles. The van der Waals surface area contributed by atoms with Crippen molar-refractivity contribution in [2.24, 2.45) is 41.4 Å². The zero-order valence-corrected chi connectivity index (χ0v) is 44.1. The Bertz CT molecular complexity index is 4450. The summed E-state index contributed by atoms with van der Waals surface area (Å²) in [4.78, 5) is 0. The highest BCUT2D eigenvalue weighted by Gasteiger charge is 2.50. The molecular formula is C76H54F2. The SMILES string of the molecule is CC(C)C1=C(C2=CC=C3c4cc5c(-c6ccccc6)c6c(c(-c7ccccc7)c5cc4C4=CC=CC2C43)C2=CC=C3c4ccc5c7c(ccc(c47)C4=CC=C6C2C34)-c2cc(-c3cc(F)cc(F)c3)ccc2-5)C(C(C)C)CC=C1. The van der Waals surface area contributed by atoms with Gasteiger partial charge < -0.3 is 0 Å². The van der Waals surface area contributed by atoms with Crippen molar-refractivity contribution in [3.63, 3.8) is 0 Å². The van der Waals surface area contributed by atoms with E-state index in [1.807, 2.05) is 6.07 Å². The Morgan fingerprint density at radius 1 is 0.410 bits per heavy atom. The summed E-state index contributed by atoms with van der Waals surface area (Å²) in [7, 11) is 0. The Morgan fingerprint density at radius 2 is 0.923 bits per heavy atom. The summed E-state index contributed by atoms with van der Waals surface area (Å²) < 4.78 is 29.0. The lowest BCUT2D eigenvalue weighted by Crippen LogP contribution is -2.26. The summed E-state index contributed by atoms with van der Waals surface area (Å²) in [5.74, 6) is 1.16. The topological polar surface area (TPSA) is 0 Å². The first-order chi connectivity index (χ1) is 38.2. The third-order valence-electron chi connectivity index (χ3n) is 19.4. The maximum absolute atomic E-state index is 14.5. The van der Waals surface area contributed by atoms with Crippen molar-refractivity contribution in [1.29, 1.82) is 0 Å². The molecule has 5 unspecified atom stereocenters. The van der Waals surface area contributed by atoms with Gasteiger partial charge in [-0.1, -0.05) is 192 Å². The summed E-state index contributed by atoms with van der Waals surface area (Å²) in [6.07, 6.45) is 28.2. The average Bonchev–Trinajstić information content (AvgIpc) is 3.98. The van der Waals surface area contributed by atoms with Gasteiger partial charge in [0.15, 0.2) is 0 Å². The van der Waals surface area contributed by atoms with Crippen LogP contribution in [0.4, 0.5) is 8.78 Å². The van der Waals surface area contributed by atoms with Crippen LogP contribution in [0.3, 0.4) is 0 Å². The van der Waals surface area contributed by atoms with Gasteiger partial charge in [-0.05, 0) is 215 Å². The highest BCUT2D eigenvalue weighted by molar-refractivity contribution is 6.26. The van der Waals surface area contributed by atoms with Crippen molar-refractivity contribution in [2.75, 3.05) is 0 Å². The van der Waals surface area contributed by atoms with E-state index in [1.54, 1.807) is 5.57 Å². The predicted molar refractivity (Wildman–Crippen MR) is 322 cm³/mol. The molecule has 0 saturated carbocycles. The molecule has 0 saturated heterocycles. The van der Waals surface area contributed by atoms with Crippen LogP contribution in [0.15, 0.2) is 217 Å². The van der Waals surface area contributed by atoms with E-state index < -0.39 is 11.6 Å². The molecule has 0 heterocycles. The number of rotatable bonds is 6. The van der Waals surface area contributed by atoms with Crippen LogP contribution in [0.2, 0.25) is 0 Å². The van der Waals surface area contributed by atoms with Gasteiger partial charge in [-0.25, -0.2) is 8.78 Å². The van der Waals surface area contributed by atoms with Gasteiger partial charge in [0.1, 0.15) is 11.6 Å². The lowest BCUT2D eigenvalue weighted by atomic mass is 9.62. The van der Waals surface area contributed by atoms with Crippen LogP contribution in [0.5, 0.6) is 0 Å². The maximum Gasteiger partial charge on any atom is 0.126 e. The van der Waals surface area contributed by atoms with Crippen molar-refractivity contribution in [3.05, 3.63) is 262 Å². The fraction of sp³-hybridized carbons (Fsp3) is 0.158. The molecular weight excluding hydrogens is 951 g/mol. The summed E-state index contributed by atoms with van der Waals surface area (Å²) in [5, 5.41) is 5.18. The van der Waals surface area contributed by atoms with Gasteiger partial charge in [-0.3, -0.25) is 0 Å². The highest BCUT2D eigenvalue weighted by atomic mass is 19.1. The molecule has 0 bridgehead atoms. The first-order valence-electron chi connectivity index (χ1n) is 28.3. The summed E-state index contributed by atoms with van der Waals surface area (Å²) in [6.45, 7) is 9.56. The Kier molecular flexibility index (Phi) is 9.19. The van der Waals surface area contributed by atoms with Crippen LogP contribution in [0.25, 0.3) is 111 Å². The summed E-state index contributed by atoms with van der Waals surface area (Å²) in [6, 6.07) is 47.1. The van der Waals surface area contributed by atoms with E-state index in [0.717, 1.165) is 29.2 Å². The highest BCUT2D eigenvalue weighted by Crippen LogP contribution is 2.68. The number of allylic oxidation sites excluding steroid dienone is 20. The normalized spacial score (nSPS) is 21.9. The monoisotopic (exact) mass is 1000 g/mol. The van der Waals surface area contributed by atoms with E-state index in [0.29, 0.717) is 23.3 Å². The minimum absolute atomic E-state index is 0.128. The number of benzene rings is 8. The smallest absolute Gasteiger partial charge is 0.126 e. The van der Waals surface area contributed by atoms with Crippen molar-refractivity contribution in [1.82, 2.24) is 0 Å². The Hall–Kier alpha value is -8.46. The Morgan fingerprint density at radius 3 is 1.53 bits per heavy atom. The molecule has 17 rings (SSSR count). The van der Waals surface area contributed by atoms with E-state index in [1.165, 1.54) is 145 Å². The summed E-state index contributed by atoms with van der Waals surface area (Å²) in [5.41, 5.74) is 32.2. The minimum atomic E-state index is -0.572. The fourth-order valence-electron chi connectivity index (χ4n) is 16.3. The first kappa shape index (κ1) is 44.6. The number of fused-ring (bicyclic) bond motifs is 12. The van der Waals surface area contributed by atoms with E-state index in [9.17, 15) is 8.78 Å². The van der Waals surface area contributed by atoms with E-state index >= 15 is 0 Å². The molecule has 372 valence electrons. The van der Waals surface area contributed by atoms with Crippen molar-refractivity contribution in [3.8, 4) is 55.6 Å². The second-order valence-electron chi connectivity index (χ2n) is 23.9. The van der Waals surface area contributed by atoms with E-state index in [2.05, 4.69) is 204 Å². The fourth-order valence-corrected chi connectivity index (χ4v) is 16.3. The molecule has 9 aliphatic rings. The van der Waals surface area contributed by atoms with Gasteiger partial charge in [-0.15, -0.1) is 0 Å². The van der Waals surface area contributed by atoms with Crippen LogP contribution in [-0.4, -0.2) is 0 Å². The molecule has 8 aromatic rings. The van der Waals surface area contributed by atoms with Gasteiger partial charge in [0.05, 0.1) is 0 Å². The molecule has 8 aromatic carbocycles. The average molecular weight is 1010 g/mol. The number of halogens is 2. The van der Waals surface area contributed by atoms with Gasteiger partial charge in [0.25, 0.3) is 0 Å². The van der Waals surface area contributed by atoms with Crippen LogP contribution in [0.1, 0.15) is 67.5 Å². The molecule has 0 aromatic heterocycles. The number of hydrogen-bond acceptors (Lipinski definition) is 0. The van der Waals surface area contributed by atoms with Crippen molar-refractivity contribution < 1.29 is 8.78 Å². The predicted octanol–water partition coefficient (Wildman–Crippen LogP) is 20.1. The Labute approximate surface area is 454 Å². The van der Waals surface area contributed by atoms with Gasteiger partial charge >= 0.3 is 0 Å². The van der Waals surface area contributed by atoms with E-state index in [4.69, 9.17) is 0 Å². The molecule has 0 nitrogen and oxygen atoms in total. The lowest BCUT2D eigenvalue weighted by molar-refractivity contribution is 0.431. The van der Waals surface area contributed by atoms with Crippen LogP contribution < -0.4 is 0 Å². The molecule has 2 heteroatoms. The lowest BCUT2D eigenvalue weighted by Gasteiger charge is -2.40. The third-order valence-corrected chi connectivity index (χ3v) is 19.4. The maximum atomic E-state index is 14.5. The minimum Gasteiger partial charge on any atom is -0.207 e. The first-order valence-corrected chi connectivity index (χ1v) is 28.3. The second-order valence-corrected chi connectivity index (χ2v) is 23.9. The molecule has 0 N–H and O–H groups in total. The molecule has 5 atom stereocenters. The van der Waals surface area contributed by atoms with Gasteiger partial charge in [-0.2, -0.15) is 0 Å². The van der Waals surface area contributed by atoms with E-state index in [-0.39, 0.29) is 23.7 Å². The zero-order valence-electron chi connectivity index (χ0n) is 44.1. The zero-order chi connectivity index (χ0) is 52.0. The molecule has 9 aliphatic carbocycles. The van der Waals surface area contributed by atoms with Crippen LogP contribution >= 0.6 is 0 Å². The van der Waals surface area contributed by atoms with Gasteiger partial charge in [0.2, 0.25) is 0 Å². The largest absolute Gasteiger partial charge is 0.207 e. The molecule has 0 spiro atoms. The van der Waals surface area contributed by atoms with Crippen molar-refractivity contribution >= 4 is 55.0 Å². The quantitative estimate of drug-likeness (QED) is 0.156.